The van der Waals surface area contributed by atoms with E-state index in [2.05, 4.69) is 4.83 Å². The monoisotopic (exact) mass is 475 g/mol. The van der Waals surface area contributed by atoms with Gasteiger partial charge in [-0.15, -0.1) is 4.83 Å². The average molecular weight is 476 g/mol. The van der Waals surface area contributed by atoms with Gasteiger partial charge in [0.15, 0.2) is 5.69 Å². The lowest BCUT2D eigenvalue weighted by Crippen LogP contribution is -2.48. The lowest BCUT2D eigenvalue weighted by molar-refractivity contribution is 0.153. The van der Waals surface area contributed by atoms with Crippen molar-refractivity contribution in [3.05, 3.63) is 101 Å². The standard InChI is InChI=1S/C26H25N3O4S/c1-18-12-14-21(15-13-18)34(30,31)28-29-17-16-19-8-6-7-11-22(19)24(29)25-27-23(26(32-2)33-25)20-9-4-3-5-10-20/h3-15,24,28H,16-17H2,1-2H3. The summed E-state index contributed by atoms with van der Waals surface area (Å²) < 4.78 is 38.0. The predicted octanol–water partition coefficient (Wildman–Crippen LogP) is 4.50. The second-order valence-corrected chi connectivity index (χ2v) is 9.87. The number of benzene rings is 3. The Morgan fingerprint density at radius 2 is 1.71 bits per heavy atom. The summed E-state index contributed by atoms with van der Waals surface area (Å²) in [5.74, 6) is 0.639. The number of oxazole rings is 1. The third kappa shape index (κ3) is 4.23. The van der Waals surface area contributed by atoms with Crippen LogP contribution in [0.4, 0.5) is 0 Å². The highest BCUT2D eigenvalue weighted by molar-refractivity contribution is 7.89. The van der Waals surface area contributed by atoms with Crippen LogP contribution < -0.4 is 9.57 Å². The van der Waals surface area contributed by atoms with E-state index in [0.717, 1.165) is 22.3 Å². The molecule has 1 aliphatic heterocycles. The number of methoxy groups -OCH3 is 1. The maximum atomic E-state index is 13.2. The van der Waals surface area contributed by atoms with E-state index in [4.69, 9.17) is 14.1 Å². The van der Waals surface area contributed by atoms with Gasteiger partial charge in [-0.1, -0.05) is 72.3 Å². The summed E-state index contributed by atoms with van der Waals surface area (Å²) in [5.41, 5.74) is 4.47. The average Bonchev–Trinajstić information content (AvgIpc) is 3.28. The first kappa shape index (κ1) is 22.3. The van der Waals surface area contributed by atoms with Gasteiger partial charge < -0.3 is 9.15 Å². The molecule has 8 heteroatoms. The summed E-state index contributed by atoms with van der Waals surface area (Å²) in [6.07, 6.45) is 0.687. The maximum absolute atomic E-state index is 13.2. The molecule has 1 aromatic heterocycles. The molecule has 0 saturated carbocycles. The van der Waals surface area contributed by atoms with Crippen LogP contribution in [-0.2, 0) is 16.4 Å². The maximum Gasteiger partial charge on any atom is 0.313 e. The van der Waals surface area contributed by atoms with E-state index >= 15 is 0 Å². The topological polar surface area (TPSA) is 84.7 Å². The van der Waals surface area contributed by atoms with Crippen LogP contribution in [0.3, 0.4) is 0 Å². The van der Waals surface area contributed by atoms with Crippen LogP contribution in [0.15, 0.2) is 88.2 Å². The van der Waals surface area contributed by atoms with Gasteiger partial charge in [0.1, 0.15) is 6.04 Å². The van der Waals surface area contributed by atoms with E-state index < -0.39 is 16.1 Å². The number of hydrogen-bond donors (Lipinski definition) is 1. The predicted molar refractivity (Wildman–Crippen MR) is 129 cm³/mol. The van der Waals surface area contributed by atoms with Crippen molar-refractivity contribution in [2.24, 2.45) is 0 Å². The molecule has 1 atom stereocenters. The Morgan fingerprint density at radius 1 is 1.00 bits per heavy atom. The van der Waals surface area contributed by atoms with E-state index in [0.29, 0.717) is 24.6 Å². The second-order valence-electron chi connectivity index (χ2n) is 8.21. The molecule has 0 amide bonds. The first-order valence-electron chi connectivity index (χ1n) is 11.0. The molecule has 0 aliphatic carbocycles. The fourth-order valence-corrected chi connectivity index (χ4v) is 5.32. The van der Waals surface area contributed by atoms with Gasteiger partial charge in [0.05, 0.1) is 12.0 Å². The van der Waals surface area contributed by atoms with Gasteiger partial charge in [0.2, 0.25) is 5.89 Å². The number of aryl methyl sites for hydroxylation is 1. The normalized spacial score (nSPS) is 16.2. The van der Waals surface area contributed by atoms with Crippen molar-refractivity contribution in [2.45, 2.75) is 24.3 Å². The largest absolute Gasteiger partial charge is 0.467 e. The van der Waals surface area contributed by atoms with Gasteiger partial charge in [-0.2, -0.15) is 0 Å². The summed E-state index contributed by atoms with van der Waals surface area (Å²) in [6, 6.07) is 23.8. The van der Waals surface area contributed by atoms with Gasteiger partial charge in [0.25, 0.3) is 10.0 Å². The first-order valence-corrected chi connectivity index (χ1v) is 12.5. The van der Waals surface area contributed by atoms with E-state index in [9.17, 15) is 8.42 Å². The van der Waals surface area contributed by atoms with Crippen LogP contribution in [0.25, 0.3) is 11.3 Å². The summed E-state index contributed by atoms with van der Waals surface area (Å²) in [4.78, 5) is 7.74. The Bertz CT molecular complexity index is 1400. The number of fused-ring (bicyclic) bond motifs is 1. The molecule has 1 unspecified atom stereocenters. The third-order valence-corrected chi connectivity index (χ3v) is 7.30. The first-order chi connectivity index (χ1) is 16.5. The number of ether oxygens (including phenoxy) is 1. The van der Waals surface area contributed by atoms with Gasteiger partial charge in [-0.25, -0.2) is 18.4 Å². The Balaban J connectivity index is 1.57. The highest BCUT2D eigenvalue weighted by Gasteiger charge is 2.36. The summed E-state index contributed by atoms with van der Waals surface area (Å²) in [6.45, 7) is 2.37. The molecule has 0 bridgehead atoms. The van der Waals surface area contributed by atoms with Crippen molar-refractivity contribution < 1.29 is 17.6 Å². The minimum atomic E-state index is -3.81. The number of rotatable bonds is 6. The molecule has 7 nitrogen and oxygen atoms in total. The third-order valence-electron chi connectivity index (χ3n) is 5.93. The molecule has 2 heterocycles. The fourth-order valence-electron chi connectivity index (χ4n) is 4.21. The Hall–Kier alpha value is -3.46. The molecule has 174 valence electrons. The van der Waals surface area contributed by atoms with E-state index in [-0.39, 0.29) is 10.8 Å². The molecule has 34 heavy (non-hydrogen) atoms. The molecule has 0 radical (unpaired) electrons. The van der Waals surface area contributed by atoms with Crippen LogP contribution in [0.1, 0.15) is 28.6 Å². The van der Waals surface area contributed by atoms with Crippen LogP contribution in [-0.4, -0.2) is 32.1 Å². The Kier molecular flexibility index (Phi) is 5.95. The zero-order valence-corrected chi connectivity index (χ0v) is 19.7. The summed E-state index contributed by atoms with van der Waals surface area (Å²) in [5, 5.41) is 1.68. The number of nitrogens with one attached hydrogen (secondary N) is 1. The van der Waals surface area contributed by atoms with Crippen LogP contribution in [0.2, 0.25) is 0 Å². The molecule has 3 aromatic carbocycles. The summed E-state index contributed by atoms with van der Waals surface area (Å²) >= 11 is 0. The number of aromatic nitrogens is 1. The summed E-state index contributed by atoms with van der Waals surface area (Å²) in [7, 11) is -2.27. The molecule has 0 saturated heterocycles. The minimum absolute atomic E-state index is 0.200. The molecule has 0 spiro atoms. The van der Waals surface area contributed by atoms with Crippen molar-refractivity contribution in [3.63, 3.8) is 0 Å². The van der Waals surface area contributed by atoms with Gasteiger partial charge in [-0.05, 0) is 36.6 Å². The van der Waals surface area contributed by atoms with Gasteiger partial charge >= 0.3 is 5.95 Å². The van der Waals surface area contributed by atoms with Crippen LogP contribution in [0.5, 0.6) is 5.95 Å². The van der Waals surface area contributed by atoms with E-state index in [1.54, 1.807) is 29.3 Å². The molecule has 1 N–H and O–H groups in total. The zero-order chi connectivity index (χ0) is 23.7. The number of hydrazine groups is 1. The van der Waals surface area contributed by atoms with E-state index in [1.807, 2.05) is 61.5 Å². The molecule has 0 fully saturated rings. The number of nitrogens with zero attached hydrogens (tertiary/aromatic N) is 2. The van der Waals surface area contributed by atoms with E-state index in [1.165, 1.54) is 7.11 Å². The molecule has 1 aliphatic rings. The van der Waals surface area contributed by atoms with Gasteiger partial charge in [-0.3, -0.25) is 0 Å². The van der Waals surface area contributed by atoms with Crippen molar-refractivity contribution in [2.75, 3.05) is 13.7 Å². The Morgan fingerprint density at radius 3 is 2.44 bits per heavy atom. The van der Waals surface area contributed by atoms with Crippen LogP contribution in [0, 0.1) is 6.92 Å². The van der Waals surface area contributed by atoms with Crippen molar-refractivity contribution >= 4 is 10.0 Å². The van der Waals surface area contributed by atoms with Crippen molar-refractivity contribution in [1.82, 2.24) is 14.8 Å². The smallest absolute Gasteiger partial charge is 0.313 e. The zero-order valence-electron chi connectivity index (χ0n) is 18.9. The molecular weight excluding hydrogens is 450 g/mol. The Labute approximate surface area is 199 Å². The second kappa shape index (κ2) is 9.06. The minimum Gasteiger partial charge on any atom is -0.467 e. The highest BCUT2D eigenvalue weighted by Crippen LogP contribution is 2.39. The van der Waals surface area contributed by atoms with Crippen molar-refractivity contribution in [1.29, 1.82) is 0 Å². The van der Waals surface area contributed by atoms with Crippen LogP contribution >= 0.6 is 0 Å². The molecule has 4 aromatic rings. The van der Waals surface area contributed by atoms with Crippen molar-refractivity contribution in [3.8, 4) is 17.2 Å². The highest BCUT2D eigenvalue weighted by atomic mass is 32.2. The SMILES string of the molecule is COc1oc(C2c3ccccc3CCN2NS(=O)(=O)c2ccc(C)cc2)nc1-c1ccccc1. The van der Waals surface area contributed by atoms with Gasteiger partial charge in [0, 0.05) is 12.1 Å². The fraction of sp³-hybridized carbons (Fsp3) is 0.192. The lowest BCUT2D eigenvalue weighted by Gasteiger charge is -2.35. The molecule has 5 rings (SSSR count). The quantitative estimate of drug-likeness (QED) is 0.442. The molecular formula is C26H25N3O4S. The number of hydrogen-bond acceptors (Lipinski definition) is 6. The lowest BCUT2D eigenvalue weighted by atomic mass is 9.94. The number of sulfonamides is 1.